The third kappa shape index (κ3) is 5.97. The van der Waals surface area contributed by atoms with E-state index in [2.05, 4.69) is 27.7 Å². The second-order valence-corrected chi connectivity index (χ2v) is 7.67. The summed E-state index contributed by atoms with van der Waals surface area (Å²) in [4.78, 5) is 23.7. The van der Waals surface area contributed by atoms with E-state index in [1.807, 2.05) is 18.2 Å². The Morgan fingerprint density at radius 1 is 1.00 bits per heavy atom. The van der Waals surface area contributed by atoms with Gasteiger partial charge in [0.25, 0.3) is 0 Å². The van der Waals surface area contributed by atoms with E-state index in [9.17, 15) is 22.4 Å². The largest absolute Gasteiger partial charge is 0.490 e. The molecule has 6 nitrogen and oxygen atoms in total. The molecule has 0 unspecified atom stereocenters. The Balaban J connectivity index is 0.000000360. The third-order valence-electron chi connectivity index (χ3n) is 5.44. The lowest BCUT2D eigenvalue weighted by molar-refractivity contribution is -0.192. The van der Waals surface area contributed by atoms with Crippen LogP contribution in [0.15, 0.2) is 54.6 Å². The van der Waals surface area contributed by atoms with Gasteiger partial charge in [-0.3, -0.25) is 4.79 Å². The summed E-state index contributed by atoms with van der Waals surface area (Å²) >= 11 is 0. The maximum atomic E-state index is 13.0. The van der Waals surface area contributed by atoms with E-state index in [0.29, 0.717) is 0 Å². The number of amides is 1. The number of carbonyl (C=O) groups is 2. The van der Waals surface area contributed by atoms with Crippen LogP contribution in [0.4, 0.5) is 23.2 Å². The van der Waals surface area contributed by atoms with Crippen molar-refractivity contribution >= 4 is 17.6 Å². The molecule has 2 fully saturated rings. The lowest BCUT2D eigenvalue weighted by atomic mass is 9.88. The van der Waals surface area contributed by atoms with Crippen LogP contribution < -0.4 is 15.5 Å². The standard InChI is InChI=1S/C20H22FN3O.C2HF3O2/c21-15-6-8-17(9-7-15)24-12-16(13-24)23-20(25)19-11-22-10-18(19)14-4-2-1-3-5-14;3-2(4,5)1(6)7/h1-9,16,18-19,22H,10-13H2,(H,23,25);(H,6,7)/t18-,19+;/m1./s1. The van der Waals surface area contributed by atoms with Gasteiger partial charge in [0.05, 0.1) is 12.0 Å². The average molecular weight is 453 g/mol. The molecule has 0 aliphatic carbocycles. The fourth-order valence-electron chi connectivity index (χ4n) is 3.75. The zero-order valence-corrected chi connectivity index (χ0v) is 17.0. The van der Waals surface area contributed by atoms with Crippen LogP contribution in [0, 0.1) is 11.7 Å². The molecule has 0 spiro atoms. The third-order valence-corrected chi connectivity index (χ3v) is 5.44. The molecular formula is C22H23F4N3O3. The number of anilines is 1. The molecule has 2 aliphatic heterocycles. The van der Waals surface area contributed by atoms with E-state index in [1.54, 1.807) is 12.1 Å². The summed E-state index contributed by atoms with van der Waals surface area (Å²) in [5.74, 6) is -2.65. The highest BCUT2D eigenvalue weighted by molar-refractivity contribution is 5.81. The fraction of sp³-hybridized carbons (Fsp3) is 0.364. The van der Waals surface area contributed by atoms with Crippen molar-refractivity contribution in [2.24, 2.45) is 5.92 Å². The van der Waals surface area contributed by atoms with Crippen molar-refractivity contribution in [3.05, 3.63) is 66.0 Å². The number of nitrogens with one attached hydrogen (secondary N) is 2. The Hall–Kier alpha value is -3.14. The molecule has 4 rings (SSSR count). The maximum absolute atomic E-state index is 13.0. The summed E-state index contributed by atoms with van der Waals surface area (Å²) < 4.78 is 44.7. The molecule has 2 heterocycles. The zero-order chi connectivity index (χ0) is 23.3. The minimum absolute atomic E-state index is 0.0257. The summed E-state index contributed by atoms with van der Waals surface area (Å²) in [5, 5.41) is 13.6. The first kappa shape index (κ1) is 23.5. The second-order valence-electron chi connectivity index (χ2n) is 7.67. The van der Waals surface area contributed by atoms with Gasteiger partial charge in [-0.1, -0.05) is 30.3 Å². The minimum atomic E-state index is -5.08. The molecule has 10 heteroatoms. The van der Waals surface area contributed by atoms with Gasteiger partial charge in [-0.25, -0.2) is 9.18 Å². The van der Waals surface area contributed by atoms with Crippen LogP contribution in [0.25, 0.3) is 0 Å². The molecule has 1 amide bonds. The van der Waals surface area contributed by atoms with Crippen LogP contribution in [0.1, 0.15) is 11.5 Å². The first-order chi connectivity index (χ1) is 15.1. The lowest BCUT2D eigenvalue weighted by Gasteiger charge is -2.41. The predicted octanol–water partition coefficient (Wildman–Crippen LogP) is 2.77. The molecule has 2 aromatic rings. The quantitative estimate of drug-likeness (QED) is 0.621. The smallest absolute Gasteiger partial charge is 0.475 e. The van der Waals surface area contributed by atoms with Crippen LogP contribution in [0.3, 0.4) is 0 Å². The zero-order valence-electron chi connectivity index (χ0n) is 17.0. The Kier molecular flexibility index (Phi) is 7.34. The molecule has 2 atom stereocenters. The molecule has 0 radical (unpaired) electrons. The van der Waals surface area contributed by atoms with Crippen LogP contribution >= 0.6 is 0 Å². The molecule has 32 heavy (non-hydrogen) atoms. The Bertz CT molecular complexity index is 916. The van der Waals surface area contributed by atoms with Crippen molar-refractivity contribution in [1.82, 2.24) is 10.6 Å². The van der Waals surface area contributed by atoms with Crippen molar-refractivity contribution < 1.29 is 32.3 Å². The first-order valence-corrected chi connectivity index (χ1v) is 10.0. The van der Waals surface area contributed by atoms with Crippen LogP contribution in [0.5, 0.6) is 0 Å². The summed E-state index contributed by atoms with van der Waals surface area (Å²) in [5.41, 5.74) is 2.21. The number of aliphatic carboxylic acids is 1. The normalized spacial score (nSPS) is 20.7. The number of carboxylic acids is 1. The van der Waals surface area contributed by atoms with E-state index < -0.39 is 12.1 Å². The van der Waals surface area contributed by atoms with Gasteiger partial charge in [-0.2, -0.15) is 13.2 Å². The van der Waals surface area contributed by atoms with Gasteiger partial charge in [0.15, 0.2) is 0 Å². The average Bonchev–Trinajstić information content (AvgIpc) is 3.22. The number of hydrogen-bond acceptors (Lipinski definition) is 4. The van der Waals surface area contributed by atoms with Crippen molar-refractivity contribution in [1.29, 1.82) is 0 Å². The number of carbonyl (C=O) groups excluding carboxylic acids is 1. The number of alkyl halides is 3. The lowest BCUT2D eigenvalue weighted by Crippen LogP contribution is -2.60. The molecule has 0 aromatic heterocycles. The number of rotatable bonds is 4. The molecule has 2 aliphatic rings. The van der Waals surface area contributed by atoms with E-state index in [1.165, 1.54) is 17.7 Å². The molecular weight excluding hydrogens is 430 g/mol. The Morgan fingerprint density at radius 2 is 1.59 bits per heavy atom. The molecule has 3 N–H and O–H groups in total. The highest BCUT2D eigenvalue weighted by Gasteiger charge is 2.38. The van der Waals surface area contributed by atoms with Gasteiger partial charge < -0.3 is 20.6 Å². The van der Waals surface area contributed by atoms with Crippen molar-refractivity contribution in [3.8, 4) is 0 Å². The van der Waals surface area contributed by atoms with E-state index in [-0.39, 0.29) is 29.6 Å². The van der Waals surface area contributed by atoms with E-state index >= 15 is 0 Å². The summed E-state index contributed by atoms with van der Waals surface area (Å²) in [6.07, 6.45) is -5.08. The molecule has 2 aromatic carbocycles. The monoisotopic (exact) mass is 453 g/mol. The van der Waals surface area contributed by atoms with Gasteiger partial charge in [-0.05, 0) is 29.8 Å². The van der Waals surface area contributed by atoms with Crippen molar-refractivity contribution in [3.63, 3.8) is 0 Å². The highest BCUT2D eigenvalue weighted by atomic mass is 19.4. The number of halogens is 4. The van der Waals surface area contributed by atoms with Gasteiger partial charge in [0, 0.05) is 37.8 Å². The summed E-state index contributed by atoms with van der Waals surface area (Å²) in [6, 6.07) is 16.9. The second kappa shape index (κ2) is 9.99. The molecule has 172 valence electrons. The number of hydrogen-bond donors (Lipinski definition) is 3. The van der Waals surface area contributed by atoms with Crippen LogP contribution in [-0.4, -0.2) is 55.4 Å². The van der Waals surface area contributed by atoms with E-state index in [4.69, 9.17) is 9.90 Å². The SMILES string of the molecule is O=C(NC1CN(c2ccc(F)cc2)C1)[C@H]1CNC[C@@H]1c1ccccc1.O=C(O)C(F)(F)F. The molecule has 0 bridgehead atoms. The summed E-state index contributed by atoms with van der Waals surface area (Å²) in [6.45, 7) is 3.11. The number of nitrogens with zero attached hydrogens (tertiary/aromatic N) is 1. The topological polar surface area (TPSA) is 81.7 Å². The molecule has 0 saturated carbocycles. The summed E-state index contributed by atoms with van der Waals surface area (Å²) in [7, 11) is 0. The van der Waals surface area contributed by atoms with Crippen molar-refractivity contribution in [2.75, 3.05) is 31.1 Å². The minimum Gasteiger partial charge on any atom is -0.475 e. The highest BCUT2D eigenvalue weighted by Crippen LogP contribution is 2.29. The predicted molar refractivity (Wildman–Crippen MR) is 110 cm³/mol. The number of carboxylic acid groups (broad SMARTS) is 1. The Morgan fingerprint density at radius 3 is 2.16 bits per heavy atom. The fourth-order valence-corrected chi connectivity index (χ4v) is 3.75. The van der Waals surface area contributed by atoms with Gasteiger partial charge >= 0.3 is 12.1 Å². The van der Waals surface area contributed by atoms with Gasteiger partial charge in [-0.15, -0.1) is 0 Å². The maximum Gasteiger partial charge on any atom is 0.490 e. The Labute approximate surface area is 182 Å². The van der Waals surface area contributed by atoms with Gasteiger partial charge in [0.2, 0.25) is 5.91 Å². The van der Waals surface area contributed by atoms with Crippen molar-refractivity contribution in [2.45, 2.75) is 18.1 Å². The van der Waals surface area contributed by atoms with Crippen LogP contribution in [0.2, 0.25) is 0 Å². The first-order valence-electron chi connectivity index (χ1n) is 10.0. The van der Waals surface area contributed by atoms with Crippen LogP contribution in [-0.2, 0) is 9.59 Å². The molecule has 2 saturated heterocycles. The van der Waals surface area contributed by atoms with Gasteiger partial charge in [0.1, 0.15) is 5.82 Å². The number of benzene rings is 2. The van der Waals surface area contributed by atoms with E-state index in [0.717, 1.165) is 31.9 Å².